The number of carbonyl (C=O) groups excluding carboxylic acids is 1. The van der Waals surface area contributed by atoms with Crippen molar-refractivity contribution < 1.29 is 9.90 Å². The molecule has 1 saturated carbocycles. The summed E-state index contributed by atoms with van der Waals surface area (Å²) in [4.78, 5) is 14.9. The molecule has 0 radical (unpaired) electrons. The van der Waals surface area contributed by atoms with Crippen LogP contribution in [-0.4, -0.2) is 43.9 Å². The predicted octanol–water partition coefficient (Wildman–Crippen LogP) is 3.01. The fraction of sp³-hybridized carbons (Fsp3) is 0.778. The molecule has 1 aromatic rings. The van der Waals surface area contributed by atoms with Crippen LogP contribution in [0.4, 0.5) is 0 Å². The first-order chi connectivity index (χ1) is 10.9. The van der Waals surface area contributed by atoms with Crippen molar-refractivity contribution in [2.45, 2.75) is 77.0 Å². The van der Waals surface area contributed by atoms with Gasteiger partial charge >= 0.3 is 0 Å². The predicted molar refractivity (Wildman–Crippen MR) is 89.3 cm³/mol. The van der Waals surface area contributed by atoms with E-state index in [1.54, 1.807) is 0 Å². The van der Waals surface area contributed by atoms with Crippen molar-refractivity contribution in [3.05, 3.63) is 18.0 Å². The number of hydrogen-bond acceptors (Lipinski definition) is 3. The van der Waals surface area contributed by atoms with E-state index < -0.39 is 5.60 Å². The first-order valence-electron chi connectivity index (χ1n) is 8.98. The van der Waals surface area contributed by atoms with E-state index in [0.717, 1.165) is 45.1 Å². The van der Waals surface area contributed by atoms with Crippen molar-refractivity contribution in [3.8, 4) is 0 Å². The van der Waals surface area contributed by atoms with Crippen LogP contribution >= 0.6 is 0 Å². The van der Waals surface area contributed by atoms with Crippen molar-refractivity contribution in [2.75, 3.05) is 6.54 Å². The fourth-order valence-corrected chi connectivity index (χ4v) is 4.30. The molecular weight excluding hydrogens is 290 g/mol. The van der Waals surface area contributed by atoms with Gasteiger partial charge in [0.25, 0.3) is 5.91 Å². The number of carbonyl (C=O) groups is 1. The molecule has 5 nitrogen and oxygen atoms in total. The van der Waals surface area contributed by atoms with Gasteiger partial charge in [0.15, 0.2) is 0 Å². The molecule has 1 N–H and O–H groups in total. The van der Waals surface area contributed by atoms with Crippen LogP contribution in [0.2, 0.25) is 0 Å². The summed E-state index contributed by atoms with van der Waals surface area (Å²) in [6, 6.07) is 2.23. The van der Waals surface area contributed by atoms with Gasteiger partial charge in [-0.05, 0) is 52.5 Å². The molecule has 2 fully saturated rings. The summed E-state index contributed by atoms with van der Waals surface area (Å²) in [5.41, 5.74) is -0.121. The number of aliphatic hydroxyl groups is 1. The molecular formula is C18H29N3O2. The highest BCUT2D eigenvalue weighted by Crippen LogP contribution is 2.41. The van der Waals surface area contributed by atoms with E-state index in [2.05, 4.69) is 18.9 Å². The number of rotatable bonds is 3. The third kappa shape index (κ3) is 3.16. The van der Waals surface area contributed by atoms with Gasteiger partial charge in [-0.15, -0.1) is 0 Å². The standard InChI is InChI=1S/C18H29N3O2/c1-13(2)21-12-9-15(19-21)17(22)20-11-6-8-16(20)14-7-4-5-10-18(14,3)23/h9,12-14,16,23H,4-8,10-11H2,1-3H3/t14-,16+,18+/m0/s1. The molecule has 1 aliphatic carbocycles. The van der Waals surface area contributed by atoms with Crippen LogP contribution in [-0.2, 0) is 0 Å². The maximum atomic E-state index is 12.9. The molecule has 1 amide bonds. The van der Waals surface area contributed by atoms with E-state index >= 15 is 0 Å². The first kappa shape index (κ1) is 16.5. The topological polar surface area (TPSA) is 58.4 Å². The molecule has 1 saturated heterocycles. The Labute approximate surface area is 138 Å². The van der Waals surface area contributed by atoms with Crippen molar-refractivity contribution in [1.29, 1.82) is 0 Å². The molecule has 3 atom stereocenters. The zero-order chi connectivity index (χ0) is 16.6. The first-order valence-corrected chi connectivity index (χ1v) is 8.98. The van der Waals surface area contributed by atoms with Gasteiger partial charge in [-0.1, -0.05) is 12.8 Å². The Kier molecular flexibility index (Phi) is 4.50. The minimum absolute atomic E-state index is 0.0215. The zero-order valence-corrected chi connectivity index (χ0v) is 14.5. The normalized spacial score (nSPS) is 31.8. The summed E-state index contributed by atoms with van der Waals surface area (Å²) in [6.07, 6.45) is 8.00. The number of amides is 1. The molecule has 0 unspecified atom stereocenters. The summed E-state index contributed by atoms with van der Waals surface area (Å²) >= 11 is 0. The van der Waals surface area contributed by atoms with Crippen LogP contribution in [0.25, 0.3) is 0 Å². The van der Waals surface area contributed by atoms with Gasteiger partial charge in [-0.25, -0.2) is 0 Å². The van der Waals surface area contributed by atoms with Crippen molar-refractivity contribution in [1.82, 2.24) is 14.7 Å². The second-order valence-corrected chi connectivity index (χ2v) is 7.69. The Morgan fingerprint density at radius 2 is 2.13 bits per heavy atom. The summed E-state index contributed by atoms with van der Waals surface area (Å²) < 4.78 is 1.83. The molecule has 3 rings (SSSR count). The fourth-order valence-electron chi connectivity index (χ4n) is 4.30. The van der Waals surface area contributed by atoms with E-state index in [4.69, 9.17) is 0 Å². The molecule has 0 spiro atoms. The van der Waals surface area contributed by atoms with Crippen LogP contribution in [0.5, 0.6) is 0 Å². The third-order valence-electron chi connectivity index (χ3n) is 5.63. The number of likely N-dealkylation sites (tertiary alicyclic amines) is 1. The second kappa shape index (κ2) is 6.27. The molecule has 0 aromatic carbocycles. The van der Waals surface area contributed by atoms with Crippen LogP contribution in [0, 0.1) is 5.92 Å². The van der Waals surface area contributed by atoms with Crippen molar-refractivity contribution >= 4 is 5.91 Å². The highest BCUT2D eigenvalue weighted by atomic mass is 16.3. The van der Waals surface area contributed by atoms with Gasteiger partial charge < -0.3 is 10.0 Å². The zero-order valence-electron chi connectivity index (χ0n) is 14.5. The lowest BCUT2D eigenvalue weighted by Gasteiger charge is -2.43. The maximum absolute atomic E-state index is 12.9. The average Bonchev–Trinajstić information content (AvgIpc) is 3.15. The number of nitrogens with zero attached hydrogens (tertiary/aromatic N) is 3. The Morgan fingerprint density at radius 1 is 1.35 bits per heavy atom. The van der Waals surface area contributed by atoms with Gasteiger partial charge in [0, 0.05) is 30.7 Å². The lowest BCUT2D eigenvalue weighted by molar-refractivity contribution is -0.0578. The Hall–Kier alpha value is -1.36. The highest BCUT2D eigenvalue weighted by molar-refractivity contribution is 5.92. The summed E-state index contributed by atoms with van der Waals surface area (Å²) in [5, 5.41) is 15.2. The third-order valence-corrected chi connectivity index (χ3v) is 5.63. The summed E-state index contributed by atoms with van der Waals surface area (Å²) in [6.45, 7) is 6.84. The molecule has 1 aromatic heterocycles. The average molecular weight is 319 g/mol. The van der Waals surface area contributed by atoms with Crippen LogP contribution in [0.3, 0.4) is 0 Å². The smallest absolute Gasteiger partial charge is 0.274 e. The quantitative estimate of drug-likeness (QED) is 0.931. The molecule has 2 heterocycles. The van der Waals surface area contributed by atoms with Gasteiger partial charge in [0.2, 0.25) is 0 Å². The van der Waals surface area contributed by atoms with Crippen LogP contribution < -0.4 is 0 Å². The Bertz CT molecular complexity index is 564. The van der Waals surface area contributed by atoms with E-state index in [1.807, 2.05) is 28.8 Å². The number of aromatic nitrogens is 2. The SMILES string of the molecule is CC(C)n1ccc(C(=O)N2CCC[C@@H]2[C@@H]2CCCC[C@@]2(C)O)n1. The van der Waals surface area contributed by atoms with E-state index in [9.17, 15) is 9.90 Å². The number of hydrogen-bond donors (Lipinski definition) is 1. The van der Waals surface area contributed by atoms with Crippen molar-refractivity contribution in [3.63, 3.8) is 0 Å². The minimum Gasteiger partial charge on any atom is -0.390 e. The monoisotopic (exact) mass is 319 g/mol. The van der Waals surface area contributed by atoms with Gasteiger partial charge in [-0.3, -0.25) is 9.48 Å². The van der Waals surface area contributed by atoms with Gasteiger partial charge in [0.1, 0.15) is 5.69 Å². The van der Waals surface area contributed by atoms with Crippen LogP contribution in [0.1, 0.15) is 75.8 Å². The molecule has 0 bridgehead atoms. The summed E-state index contributed by atoms with van der Waals surface area (Å²) in [5.74, 6) is 0.211. The maximum Gasteiger partial charge on any atom is 0.274 e. The Morgan fingerprint density at radius 3 is 2.78 bits per heavy atom. The second-order valence-electron chi connectivity index (χ2n) is 7.69. The largest absolute Gasteiger partial charge is 0.390 e. The van der Waals surface area contributed by atoms with Gasteiger partial charge in [0.05, 0.1) is 5.60 Å². The molecule has 2 aliphatic rings. The summed E-state index contributed by atoms with van der Waals surface area (Å²) in [7, 11) is 0. The molecule has 23 heavy (non-hydrogen) atoms. The highest BCUT2D eigenvalue weighted by Gasteiger charge is 2.45. The Balaban J connectivity index is 1.79. The van der Waals surface area contributed by atoms with E-state index in [-0.39, 0.29) is 23.9 Å². The van der Waals surface area contributed by atoms with E-state index in [1.165, 1.54) is 0 Å². The van der Waals surface area contributed by atoms with Crippen molar-refractivity contribution in [2.24, 2.45) is 5.92 Å². The molecule has 5 heteroatoms. The minimum atomic E-state index is -0.650. The van der Waals surface area contributed by atoms with Gasteiger partial charge in [-0.2, -0.15) is 5.10 Å². The molecule has 1 aliphatic heterocycles. The van der Waals surface area contributed by atoms with E-state index in [0.29, 0.717) is 5.69 Å². The lowest BCUT2D eigenvalue weighted by Crippen LogP contribution is -2.50. The van der Waals surface area contributed by atoms with Crippen LogP contribution in [0.15, 0.2) is 12.3 Å². The lowest BCUT2D eigenvalue weighted by atomic mass is 9.72. The molecule has 128 valence electrons.